The number of anilines is 2. The number of hydrogen-bond acceptors (Lipinski definition) is 5. The van der Waals surface area contributed by atoms with Gasteiger partial charge >= 0.3 is 0 Å². The molecular formula is C13H24N5O+. The van der Waals surface area contributed by atoms with Crippen LogP contribution >= 0.6 is 0 Å². The van der Waals surface area contributed by atoms with Crippen LogP contribution in [-0.4, -0.2) is 68.6 Å². The third-order valence-electron chi connectivity index (χ3n) is 3.65. The number of nitrogens with two attached hydrogens (primary N) is 1. The molecule has 19 heavy (non-hydrogen) atoms. The number of rotatable bonds is 4. The summed E-state index contributed by atoms with van der Waals surface area (Å²) in [7, 11) is 5.94. The first-order valence-corrected chi connectivity index (χ1v) is 6.57. The minimum atomic E-state index is 0.675. The van der Waals surface area contributed by atoms with Gasteiger partial charge in [0.1, 0.15) is 13.1 Å². The highest BCUT2D eigenvalue weighted by molar-refractivity contribution is 5.66. The van der Waals surface area contributed by atoms with Crippen molar-refractivity contribution in [2.75, 3.05) is 64.7 Å². The molecule has 1 fully saturated rings. The Kier molecular flexibility index (Phi) is 4.24. The average Bonchev–Trinajstić information content (AvgIpc) is 2.40. The van der Waals surface area contributed by atoms with Crippen LogP contribution in [0.15, 0.2) is 18.5 Å². The maximum atomic E-state index is 5.98. The second-order valence-electron chi connectivity index (χ2n) is 5.33. The van der Waals surface area contributed by atoms with Gasteiger partial charge in [0, 0.05) is 6.20 Å². The lowest BCUT2D eigenvalue weighted by atomic mass is 10.2. The third-order valence-corrected chi connectivity index (χ3v) is 3.65. The number of hydroxylamine groups is 3. The lowest BCUT2D eigenvalue weighted by molar-refractivity contribution is -1.11. The Balaban J connectivity index is 2.04. The van der Waals surface area contributed by atoms with Crippen molar-refractivity contribution in [3.63, 3.8) is 0 Å². The fourth-order valence-corrected chi connectivity index (χ4v) is 2.65. The summed E-state index contributed by atoms with van der Waals surface area (Å²) < 4.78 is 0.675. The molecule has 1 aliphatic heterocycles. The Morgan fingerprint density at radius 2 is 2.11 bits per heavy atom. The maximum absolute atomic E-state index is 5.98. The zero-order valence-corrected chi connectivity index (χ0v) is 12.0. The van der Waals surface area contributed by atoms with E-state index in [9.17, 15) is 0 Å². The van der Waals surface area contributed by atoms with Crippen molar-refractivity contribution >= 4 is 11.4 Å². The lowest BCUT2D eigenvalue weighted by Crippen LogP contribution is -2.61. The number of nitrogens with zero attached hydrogens (tertiary/aromatic N) is 4. The molecule has 1 aliphatic rings. The van der Waals surface area contributed by atoms with E-state index in [-0.39, 0.29) is 0 Å². The molecule has 2 N–H and O–H groups in total. The Labute approximate surface area is 114 Å². The van der Waals surface area contributed by atoms with Gasteiger partial charge in [0.15, 0.2) is 6.67 Å². The summed E-state index contributed by atoms with van der Waals surface area (Å²) >= 11 is 0. The van der Waals surface area contributed by atoms with Crippen LogP contribution in [0, 0.1) is 0 Å². The van der Waals surface area contributed by atoms with Crippen LogP contribution in [-0.2, 0) is 4.84 Å². The zero-order valence-electron chi connectivity index (χ0n) is 12.0. The van der Waals surface area contributed by atoms with Gasteiger partial charge < -0.3 is 10.6 Å². The van der Waals surface area contributed by atoms with Gasteiger partial charge in [-0.2, -0.15) is 4.65 Å². The molecule has 0 atom stereocenters. The molecule has 1 aromatic heterocycles. The van der Waals surface area contributed by atoms with Crippen LogP contribution in [0.5, 0.6) is 0 Å². The minimum absolute atomic E-state index is 0.675. The largest absolute Gasteiger partial charge is 0.396 e. The van der Waals surface area contributed by atoms with Crippen LogP contribution in [0.4, 0.5) is 11.4 Å². The lowest BCUT2D eigenvalue weighted by Gasteiger charge is -2.43. The first-order chi connectivity index (χ1) is 9.06. The summed E-state index contributed by atoms with van der Waals surface area (Å²) in [5.74, 6) is 0. The summed E-state index contributed by atoms with van der Waals surface area (Å²) in [5.41, 5.74) is 7.80. The molecule has 0 aliphatic carbocycles. The molecule has 0 aromatic carbocycles. The van der Waals surface area contributed by atoms with Gasteiger partial charge in [-0.1, -0.05) is 0 Å². The number of piperazine rings is 1. The summed E-state index contributed by atoms with van der Waals surface area (Å²) in [6.07, 6.45) is 3.50. The third kappa shape index (κ3) is 3.15. The predicted octanol–water partition coefficient (Wildman–Crippen LogP) is 0.381. The number of nitrogen functional groups attached to an aromatic ring is 1. The molecule has 106 valence electrons. The molecule has 0 amide bonds. The summed E-state index contributed by atoms with van der Waals surface area (Å²) in [5, 5.41) is 0. The Morgan fingerprint density at radius 3 is 2.63 bits per heavy atom. The Hall–Kier alpha value is -1.37. The highest BCUT2D eigenvalue weighted by Gasteiger charge is 2.35. The maximum Gasteiger partial charge on any atom is 0.164 e. The van der Waals surface area contributed by atoms with Crippen molar-refractivity contribution in [2.45, 2.75) is 0 Å². The Bertz CT molecular complexity index is 415. The van der Waals surface area contributed by atoms with Crippen molar-refractivity contribution in [3.05, 3.63) is 18.5 Å². The molecule has 0 spiro atoms. The van der Waals surface area contributed by atoms with Crippen molar-refractivity contribution in [1.82, 2.24) is 9.88 Å². The predicted molar refractivity (Wildman–Crippen MR) is 76.4 cm³/mol. The van der Waals surface area contributed by atoms with E-state index in [4.69, 9.17) is 10.6 Å². The van der Waals surface area contributed by atoms with Gasteiger partial charge in [0.05, 0.1) is 37.8 Å². The quantitative estimate of drug-likeness (QED) is 0.799. The zero-order chi connectivity index (χ0) is 13.9. The number of aromatic nitrogens is 1. The van der Waals surface area contributed by atoms with E-state index in [0.29, 0.717) is 4.65 Å². The van der Waals surface area contributed by atoms with Gasteiger partial charge in [-0.25, -0.2) is 4.84 Å². The van der Waals surface area contributed by atoms with Crippen molar-refractivity contribution < 1.29 is 9.48 Å². The fourth-order valence-electron chi connectivity index (χ4n) is 2.65. The average molecular weight is 266 g/mol. The fraction of sp³-hybridized carbons (Fsp3) is 0.615. The highest BCUT2D eigenvalue weighted by Crippen LogP contribution is 2.24. The van der Waals surface area contributed by atoms with Gasteiger partial charge in [-0.05, 0) is 20.2 Å². The van der Waals surface area contributed by atoms with E-state index in [1.54, 1.807) is 19.5 Å². The summed E-state index contributed by atoms with van der Waals surface area (Å²) in [6, 6.07) is 1.98. The van der Waals surface area contributed by atoms with E-state index in [1.165, 1.54) is 0 Å². The Morgan fingerprint density at radius 1 is 1.42 bits per heavy atom. The SMILES string of the molecule is CO[N+]1(CN(C)C)CCN(c2ccncc2N)CC1. The molecule has 6 heteroatoms. The number of pyridine rings is 1. The number of quaternary nitrogens is 1. The van der Waals surface area contributed by atoms with Crippen LogP contribution in [0.25, 0.3) is 0 Å². The van der Waals surface area contributed by atoms with E-state index in [0.717, 1.165) is 44.2 Å². The monoisotopic (exact) mass is 266 g/mol. The van der Waals surface area contributed by atoms with Crippen LogP contribution in [0.1, 0.15) is 0 Å². The van der Waals surface area contributed by atoms with Crippen LogP contribution in [0.3, 0.4) is 0 Å². The smallest absolute Gasteiger partial charge is 0.164 e. The minimum Gasteiger partial charge on any atom is -0.396 e. The molecule has 1 saturated heterocycles. The van der Waals surface area contributed by atoms with Crippen LogP contribution in [0.2, 0.25) is 0 Å². The highest BCUT2D eigenvalue weighted by atomic mass is 16.7. The summed E-state index contributed by atoms with van der Waals surface area (Å²) in [6.45, 7) is 4.69. The second-order valence-corrected chi connectivity index (χ2v) is 5.33. The second kappa shape index (κ2) is 5.73. The molecule has 0 bridgehead atoms. The first kappa shape index (κ1) is 14.0. The van der Waals surface area contributed by atoms with Crippen molar-refractivity contribution in [3.8, 4) is 0 Å². The first-order valence-electron chi connectivity index (χ1n) is 6.57. The summed E-state index contributed by atoms with van der Waals surface area (Å²) in [4.78, 5) is 14.2. The molecule has 0 radical (unpaired) electrons. The molecule has 0 unspecified atom stereocenters. The van der Waals surface area contributed by atoms with Gasteiger partial charge in [0.25, 0.3) is 0 Å². The van der Waals surface area contributed by atoms with E-state index in [2.05, 4.69) is 28.9 Å². The van der Waals surface area contributed by atoms with Crippen LogP contribution < -0.4 is 10.6 Å². The molecular weight excluding hydrogens is 242 g/mol. The van der Waals surface area contributed by atoms with Gasteiger partial charge in [-0.3, -0.25) is 9.88 Å². The van der Waals surface area contributed by atoms with Crippen molar-refractivity contribution in [1.29, 1.82) is 0 Å². The normalized spacial score (nSPS) is 18.8. The molecule has 2 heterocycles. The van der Waals surface area contributed by atoms with Gasteiger partial charge in [-0.15, -0.1) is 0 Å². The van der Waals surface area contributed by atoms with E-state index < -0.39 is 0 Å². The molecule has 6 nitrogen and oxygen atoms in total. The van der Waals surface area contributed by atoms with E-state index >= 15 is 0 Å². The molecule has 0 saturated carbocycles. The number of hydrogen-bond donors (Lipinski definition) is 1. The van der Waals surface area contributed by atoms with Gasteiger partial charge in [0.2, 0.25) is 0 Å². The van der Waals surface area contributed by atoms with Crippen molar-refractivity contribution in [2.24, 2.45) is 0 Å². The topological polar surface area (TPSA) is 54.6 Å². The molecule has 2 rings (SSSR count). The van der Waals surface area contributed by atoms with E-state index in [1.807, 2.05) is 6.07 Å². The standard InChI is InChI=1S/C13H24N5O/c1-16(2)11-18(19-3)8-6-17(7-9-18)13-4-5-15-10-12(13)14/h4-5,10H,6-9,11,14H2,1-3H3/q+1. The molecule has 1 aromatic rings.